The second-order valence-corrected chi connectivity index (χ2v) is 3.47. The van der Waals surface area contributed by atoms with Crippen molar-refractivity contribution in [3.8, 4) is 0 Å². The highest BCUT2D eigenvalue weighted by atomic mass is 16.6. The van der Waals surface area contributed by atoms with E-state index in [9.17, 15) is 0 Å². The summed E-state index contributed by atoms with van der Waals surface area (Å²) in [6.07, 6.45) is 3.34. The number of hydrogen-bond donors (Lipinski definition) is 2. The van der Waals surface area contributed by atoms with E-state index in [1.807, 2.05) is 4.90 Å². The lowest BCUT2D eigenvalue weighted by atomic mass is 10.1. The standard InChI is InChI=1S/C8H13N5O2/c9-7-6(11-15-12-7)8(10-14)13-4-2-1-3-5-13/h14H,1-5H2,(H2,9,12). The molecular formula is C8H13N5O2. The number of nitrogens with two attached hydrogens (primary N) is 1. The Labute approximate surface area is 86.5 Å². The fourth-order valence-corrected chi connectivity index (χ4v) is 1.72. The Kier molecular flexibility index (Phi) is 2.70. The van der Waals surface area contributed by atoms with Crippen molar-refractivity contribution in [1.29, 1.82) is 0 Å². The molecular weight excluding hydrogens is 198 g/mol. The van der Waals surface area contributed by atoms with Crippen molar-refractivity contribution >= 4 is 11.7 Å². The Balaban J connectivity index is 2.21. The van der Waals surface area contributed by atoms with Gasteiger partial charge in [-0.15, -0.1) is 0 Å². The van der Waals surface area contributed by atoms with Gasteiger partial charge in [0.05, 0.1) is 0 Å². The smallest absolute Gasteiger partial charge is 0.201 e. The molecule has 1 aliphatic heterocycles. The van der Waals surface area contributed by atoms with Crippen molar-refractivity contribution in [2.24, 2.45) is 5.16 Å². The van der Waals surface area contributed by atoms with Crippen molar-refractivity contribution in [3.05, 3.63) is 5.69 Å². The van der Waals surface area contributed by atoms with Gasteiger partial charge in [0.2, 0.25) is 5.84 Å². The van der Waals surface area contributed by atoms with Crippen LogP contribution in [0.3, 0.4) is 0 Å². The Morgan fingerprint density at radius 1 is 1.33 bits per heavy atom. The van der Waals surface area contributed by atoms with Crippen LogP contribution in [0.25, 0.3) is 0 Å². The molecule has 0 bridgehead atoms. The molecule has 3 N–H and O–H groups in total. The maximum atomic E-state index is 8.96. The molecule has 1 aromatic rings. The largest absolute Gasteiger partial charge is 0.409 e. The average Bonchev–Trinajstić information content (AvgIpc) is 2.68. The summed E-state index contributed by atoms with van der Waals surface area (Å²) in [5, 5.41) is 19.2. The van der Waals surface area contributed by atoms with Crippen LogP contribution < -0.4 is 5.73 Å². The molecule has 0 aromatic carbocycles. The van der Waals surface area contributed by atoms with Gasteiger partial charge >= 0.3 is 0 Å². The molecule has 1 saturated heterocycles. The van der Waals surface area contributed by atoms with Crippen LogP contribution in [0.4, 0.5) is 5.82 Å². The lowest BCUT2D eigenvalue weighted by Gasteiger charge is -2.27. The van der Waals surface area contributed by atoms with Crippen molar-refractivity contribution in [3.63, 3.8) is 0 Å². The molecule has 0 aliphatic carbocycles. The van der Waals surface area contributed by atoms with Crippen molar-refractivity contribution in [2.45, 2.75) is 19.3 Å². The summed E-state index contributed by atoms with van der Waals surface area (Å²) in [6.45, 7) is 1.68. The normalized spacial score (nSPS) is 18.1. The van der Waals surface area contributed by atoms with Crippen LogP contribution in [0, 0.1) is 0 Å². The topological polar surface area (TPSA) is 101 Å². The molecule has 7 heteroatoms. The van der Waals surface area contributed by atoms with Crippen LogP contribution in [0.1, 0.15) is 25.0 Å². The summed E-state index contributed by atoms with van der Waals surface area (Å²) in [6, 6.07) is 0. The van der Waals surface area contributed by atoms with Crippen LogP contribution in [-0.2, 0) is 0 Å². The van der Waals surface area contributed by atoms with Crippen LogP contribution in [0.15, 0.2) is 9.78 Å². The van der Waals surface area contributed by atoms with Crippen LogP contribution in [-0.4, -0.2) is 39.3 Å². The SMILES string of the molecule is Nc1nonc1C(=NO)N1CCCCC1. The van der Waals surface area contributed by atoms with Gasteiger partial charge in [-0.1, -0.05) is 5.16 Å². The number of hydrogen-bond acceptors (Lipinski definition) is 6. The van der Waals surface area contributed by atoms with Gasteiger partial charge in [-0.3, -0.25) is 0 Å². The van der Waals surface area contributed by atoms with Gasteiger partial charge in [-0.25, -0.2) is 4.63 Å². The molecule has 2 rings (SSSR count). The van der Waals surface area contributed by atoms with Gasteiger partial charge in [0.15, 0.2) is 11.5 Å². The summed E-state index contributed by atoms with van der Waals surface area (Å²) in [4.78, 5) is 1.93. The number of nitrogens with zero attached hydrogens (tertiary/aromatic N) is 4. The monoisotopic (exact) mass is 211 g/mol. The van der Waals surface area contributed by atoms with Crippen LogP contribution in [0.5, 0.6) is 0 Å². The summed E-state index contributed by atoms with van der Waals surface area (Å²) < 4.78 is 4.48. The maximum absolute atomic E-state index is 8.96. The number of oxime groups is 1. The molecule has 7 nitrogen and oxygen atoms in total. The van der Waals surface area contributed by atoms with E-state index >= 15 is 0 Å². The first-order valence-corrected chi connectivity index (χ1v) is 4.88. The zero-order valence-electron chi connectivity index (χ0n) is 8.26. The van der Waals surface area contributed by atoms with Gasteiger partial charge in [0, 0.05) is 13.1 Å². The Hall–Kier alpha value is -1.79. The van der Waals surface area contributed by atoms with Crippen molar-refractivity contribution < 1.29 is 9.84 Å². The van der Waals surface area contributed by atoms with Gasteiger partial charge in [-0.2, -0.15) is 0 Å². The highest BCUT2D eigenvalue weighted by Gasteiger charge is 2.22. The molecule has 1 aliphatic rings. The fraction of sp³-hybridized carbons (Fsp3) is 0.625. The number of piperidine rings is 1. The molecule has 82 valence electrons. The zero-order valence-corrected chi connectivity index (χ0v) is 8.26. The van der Waals surface area contributed by atoms with Crippen LogP contribution in [0.2, 0.25) is 0 Å². The molecule has 0 unspecified atom stereocenters. The number of anilines is 1. The van der Waals surface area contributed by atoms with E-state index in [4.69, 9.17) is 10.9 Å². The van der Waals surface area contributed by atoms with E-state index in [-0.39, 0.29) is 5.82 Å². The average molecular weight is 211 g/mol. The van der Waals surface area contributed by atoms with Crippen molar-refractivity contribution in [2.75, 3.05) is 18.8 Å². The minimum Gasteiger partial charge on any atom is -0.409 e. The number of likely N-dealkylation sites (tertiary alicyclic amines) is 1. The summed E-state index contributed by atoms with van der Waals surface area (Å²) in [5.74, 6) is 0.488. The van der Waals surface area contributed by atoms with E-state index in [1.54, 1.807) is 0 Å². The molecule has 1 fully saturated rings. The lowest BCUT2D eigenvalue weighted by Crippen LogP contribution is -2.36. The quantitative estimate of drug-likeness (QED) is 0.299. The van der Waals surface area contributed by atoms with Gasteiger partial charge in [-0.05, 0) is 29.6 Å². The van der Waals surface area contributed by atoms with E-state index in [2.05, 4.69) is 20.1 Å². The Morgan fingerprint density at radius 3 is 2.60 bits per heavy atom. The molecule has 15 heavy (non-hydrogen) atoms. The van der Waals surface area contributed by atoms with Crippen LogP contribution >= 0.6 is 0 Å². The van der Waals surface area contributed by atoms with Crippen molar-refractivity contribution in [1.82, 2.24) is 15.2 Å². The van der Waals surface area contributed by atoms with E-state index in [1.165, 1.54) is 6.42 Å². The summed E-state index contributed by atoms with van der Waals surface area (Å²) >= 11 is 0. The fourth-order valence-electron chi connectivity index (χ4n) is 1.72. The molecule has 2 heterocycles. The molecule has 0 amide bonds. The van der Waals surface area contributed by atoms with E-state index in [0.717, 1.165) is 25.9 Å². The minimum absolute atomic E-state index is 0.147. The highest BCUT2D eigenvalue weighted by Crippen LogP contribution is 2.15. The number of aromatic nitrogens is 2. The first-order valence-electron chi connectivity index (χ1n) is 4.88. The molecule has 0 spiro atoms. The first-order chi connectivity index (χ1) is 7.33. The second kappa shape index (κ2) is 4.16. The maximum Gasteiger partial charge on any atom is 0.201 e. The van der Waals surface area contributed by atoms with E-state index in [0.29, 0.717) is 11.5 Å². The third-order valence-corrected chi connectivity index (χ3v) is 2.48. The Morgan fingerprint density at radius 2 is 2.07 bits per heavy atom. The highest BCUT2D eigenvalue weighted by molar-refractivity contribution is 6.00. The Bertz CT molecular complexity index is 356. The third-order valence-electron chi connectivity index (χ3n) is 2.48. The molecule has 0 saturated carbocycles. The number of nitrogen functional groups attached to an aromatic ring is 1. The van der Waals surface area contributed by atoms with E-state index < -0.39 is 0 Å². The minimum atomic E-state index is 0.147. The predicted octanol–water partition coefficient (Wildman–Crippen LogP) is 0.273. The molecule has 0 radical (unpaired) electrons. The predicted molar refractivity (Wildman–Crippen MR) is 52.5 cm³/mol. The first kappa shape index (κ1) is 9.75. The van der Waals surface area contributed by atoms with Gasteiger partial charge < -0.3 is 15.8 Å². The lowest BCUT2D eigenvalue weighted by molar-refractivity contribution is 0.280. The second-order valence-electron chi connectivity index (χ2n) is 3.47. The number of amidine groups is 1. The third kappa shape index (κ3) is 1.85. The van der Waals surface area contributed by atoms with Gasteiger partial charge in [0.25, 0.3) is 0 Å². The van der Waals surface area contributed by atoms with Gasteiger partial charge in [0.1, 0.15) is 0 Å². The summed E-state index contributed by atoms with van der Waals surface area (Å²) in [5.41, 5.74) is 5.84. The zero-order chi connectivity index (χ0) is 10.7. The molecule has 1 aromatic heterocycles. The molecule has 0 atom stereocenters. The summed E-state index contributed by atoms with van der Waals surface area (Å²) in [7, 11) is 0. The number of rotatable bonds is 1.